The second kappa shape index (κ2) is 9.43. The van der Waals surface area contributed by atoms with Crippen LogP contribution in [0.15, 0.2) is 53.4 Å². The van der Waals surface area contributed by atoms with Crippen LogP contribution in [0.3, 0.4) is 0 Å². The molecule has 0 atom stereocenters. The zero-order valence-electron chi connectivity index (χ0n) is 16.2. The molecule has 0 unspecified atom stereocenters. The molecule has 6 nitrogen and oxygen atoms in total. The number of hydrogen-bond donors (Lipinski definition) is 0. The van der Waals surface area contributed by atoms with Crippen LogP contribution in [0.1, 0.15) is 23.6 Å². The summed E-state index contributed by atoms with van der Waals surface area (Å²) < 4.78 is 10.6. The molecule has 2 aromatic carbocycles. The second-order valence-electron chi connectivity index (χ2n) is 6.42. The molecule has 0 aromatic heterocycles. The van der Waals surface area contributed by atoms with Crippen LogP contribution >= 0.6 is 11.8 Å². The Balaban J connectivity index is 1.62. The Bertz CT molecular complexity index is 952. The molecule has 0 saturated carbocycles. The highest BCUT2D eigenvalue weighted by Gasteiger charge is 2.36. The van der Waals surface area contributed by atoms with Crippen molar-refractivity contribution in [3.8, 4) is 5.75 Å². The van der Waals surface area contributed by atoms with Crippen molar-refractivity contribution < 1.29 is 23.9 Å². The van der Waals surface area contributed by atoms with Gasteiger partial charge in [0.25, 0.3) is 11.1 Å². The topological polar surface area (TPSA) is 72.9 Å². The van der Waals surface area contributed by atoms with Gasteiger partial charge in [-0.05, 0) is 54.9 Å². The highest BCUT2D eigenvalue weighted by atomic mass is 32.2. The van der Waals surface area contributed by atoms with Gasteiger partial charge in [-0.2, -0.15) is 0 Å². The minimum absolute atomic E-state index is 0.198. The van der Waals surface area contributed by atoms with Crippen molar-refractivity contribution in [3.63, 3.8) is 0 Å². The largest absolute Gasteiger partial charge is 0.489 e. The van der Waals surface area contributed by atoms with Crippen LogP contribution in [-0.4, -0.2) is 35.2 Å². The first kappa shape index (κ1) is 20.7. The lowest BCUT2D eigenvalue weighted by Crippen LogP contribution is -2.34. The quantitative estimate of drug-likeness (QED) is 0.503. The third-order valence-electron chi connectivity index (χ3n) is 4.13. The molecule has 0 aliphatic carbocycles. The van der Waals surface area contributed by atoms with E-state index in [-0.39, 0.29) is 18.1 Å². The molecule has 2 aromatic rings. The van der Waals surface area contributed by atoms with Crippen molar-refractivity contribution in [2.45, 2.75) is 20.5 Å². The molecule has 1 saturated heterocycles. The number of esters is 1. The van der Waals surface area contributed by atoms with Gasteiger partial charge in [-0.15, -0.1) is 0 Å². The van der Waals surface area contributed by atoms with E-state index >= 15 is 0 Å². The fourth-order valence-electron chi connectivity index (χ4n) is 2.75. The highest BCUT2D eigenvalue weighted by Crippen LogP contribution is 2.32. The summed E-state index contributed by atoms with van der Waals surface area (Å²) in [4.78, 5) is 37.2. The number of benzene rings is 2. The third kappa shape index (κ3) is 5.48. The maximum absolute atomic E-state index is 12.4. The molecule has 0 spiro atoms. The first-order valence-corrected chi connectivity index (χ1v) is 9.97. The van der Waals surface area contributed by atoms with Crippen LogP contribution in [0.25, 0.3) is 6.08 Å². The Morgan fingerprint density at radius 2 is 1.90 bits per heavy atom. The number of nitrogens with zero attached hydrogens (tertiary/aromatic N) is 1. The molecular formula is C22H21NO5S. The van der Waals surface area contributed by atoms with Gasteiger partial charge in [0.2, 0.25) is 0 Å². The standard InChI is InChI=1S/C22H21NO5S/c1-3-27-20(24)13-23-21(25)19(29-22(23)26)12-16-7-9-18(10-8-16)28-14-17-6-4-5-15(2)11-17/h4-12H,3,13-14H2,1-2H3/b19-12-. The molecule has 2 amide bonds. The van der Waals surface area contributed by atoms with Crippen LogP contribution in [0.5, 0.6) is 5.75 Å². The molecule has 7 heteroatoms. The lowest BCUT2D eigenvalue weighted by atomic mass is 10.1. The van der Waals surface area contributed by atoms with Crippen LogP contribution in [0, 0.1) is 6.92 Å². The summed E-state index contributed by atoms with van der Waals surface area (Å²) in [6, 6.07) is 15.3. The monoisotopic (exact) mass is 411 g/mol. The molecule has 1 aliphatic heterocycles. The number of ether oxygens (including phenoxy) is 2. The van der Waals surface area contributed by atoms with E-state index in [1.165, 1.54) is 5.56 Å². The van der Waals surface area contributed by atoms with E-state index in [0.717, 1.165) is 27.8 Å². The zero-order chi connectivity index (χ0) is 20.8. The first-order chi connectivity index (χ1) is 14.0. The number of aryl methyl sites for hydroxylation is 1. The van der Waals surface area contributed by atoms with Crippen LogP contribution < -0.4 is 4.74 Å². The summed E-state index contributed by atoms with van der Waals surface area (Å²) in [7, 11) is 0. The first-order valence-electron chi connectivity index (χ1n) is 9.15. The number of carbonyl (C=O) groups is 3. The molecule has 29 heavy (non-hydrogen) atoms. The van der Waals surface area contributed by atoms with Gasteiger partial charge in [0, 0.05) is 0 Å². The van der Waals surface area contributed by atoms with Crippen molar-refractivity contribution in [2.24, 2.45) is 0 Å². The van der Waals surface area contributed by atoms with E-state index in [1.54, 1.807) is 13.0 Å². The fourth-order valence-corrected chi connectivity index (χ4v) is 3.59. The zero-order valence-corrected chi connectivity index (χ0v) is 17.0. The Labute approximate surface area is 173 Å². The fraction of sp³-hybridized carbons (Fsp3) is 0.227. The molecule has 3 rings (SSSR count). The maximum Gasteiger partial charge on any atom is 0.326 e. The number of amides is 2. The van der Waals surface area contributed by atoms with E-state index in [0.29, 0.717) is 12.4 Å². The Hall–Kier alpha value is -3.06. The van der Waals surface area contributed by atoms with Gasteiger partial charge in [0.1, 0.15) is 18.9 Å². The summed E-state index contributed by atoms with van der Waals surface area (Å²) in [5, 5.41) is -0.479. The van der Waals surface area contributed by atoms with Crippen LogP contribution in [-0.2, 0) is 20.9 Å². The highest BCUT2D eigenvalue weighted by molar-refractivity contribution is 8.18. The molecule has 1 aliphatic rings. The number of carbonyl (C=O) groups excluding carboxylic acids is 3. The Kier molecular flexibility index (Phi) is 6.72. The molecule has 1 fully saturated rings. The smallest absolute Gasteiger partial charge is 0.326 e. The van der Waals surface area contributed by atoms with Crippen molar-refractivity contribution in [3.05, 3.63) is 70.1 Å². The Morgan fingerprint density at radius 1 is 1.14 bits per heavy atom. The van der Waals surface area contributed by atoms with Crippen molar-refractivity contribution in [2.75, 3.05) is 13.2 Å². The van der Waals surface area contributed by atoms with E-state index < -0.39 is 17.1 Å². The van der Waals surface area contributed by atoms with Gasteiger partial charge >= 0.3 is 5.97 Å². The van der Waals surface area contributed by atoms with Gasteiger partial charge in [0.05, 0.1) is 11.5 Å². The Morgan fingerprint density at radius 3 is 2.59 bits per heavy atom. The summed E-state index contributed by atoms with van der Waals surface area (Å²) >= 11 is 0.809. The van der Waals surface area contributed by atoms with E-state index in [1.807, 2.05) is 49.4 Å². The molecule has 150 valence electrons. The average Bonchev–Trinajstić information content (AvgIpc) is 2.95. The number of hydrogen-bond acceptors (Lipinski definition) is 6. The lowest BCUT2D eigenvalue weighted by Gasteiger charge is -2.10. The van der Waals surface area contributed by atoms with E-state index in [4.69, 9.17) is 9.47 Å². The number of rotatable bonds is 7. The summed E-state index contributed by atoms with van der Waals surface area (Å²) in [6.45, 7) is 3.99. The van der Waals surface area contributed by atoms with E-state index in [2.05, 4.69) is 6.07 Å². The van der Waals surface area contributed by atoms with Gasteiger partial charge in [-0.3, -0.25) is 19.3 Å². The summed E-state index contributed by atoms with van der Waals surface area (Å²) in [5.74, 6) is -0.391. The second-order valence-corrected chi connectivity index (χ2v) is 7.41. The van der Waals surface area contributed by atoms with Gasteiger partial charge in [0.15, 0.2) is 0 Å². The third-order valence-corrected chi connectivity index (χ3v) is 5.04. The van der Waals surface area contributed by atoms with Gasteiger partial charge in [-0.1, -0.05) is 42.0 Å². The van der Waals surface area contributed by atoms with Crippen molar-refractivity contribution in [1.82, 2.24) is 4.90 Å². The molecular weight excluding hydrogens is 390 g/mol. The van der Waals surface area contributed by atoms with Gasteiger partial charge < -0.3 is 9.47 Å². The molecule has 0 bridgehead atoms. The minimum atomic E-state index is -0.605. The molecule has 0 N–H and O–H groups in total. The molecule has 0 radical (unpaired) electrons. The van der Waals surface area contributed by atoms with Crippen LogP contribution in [0.2, 0.25) is 0 Å². The van der Waals surface area contributed by atoms with E-state index in [9.17, 15) is 14.4 Å². The lowest BCUT2D eigenvalue weighted by molar-refractivity contribution is -0.145. The SMILES string of the molecule is CCOC(=O)CN1C(=O)S/C(=C\c2ccc(OCc3cccc(C)c3)cc2)C1=O. The average molecular weight is 411 g/mol. The number of thioether (sulfide) groups is 1. The predicted octanol–water partition coefficient (Wildman–Crippen LogP) is 4.17. The molecule has 1 heterocycles. The maximum atomic E-state index is 12.4. The number of imide groups is 1. The van der Waals surface area contributed by atoms with Gasteiger partial charge in [-0.25, -0.2) is 0 Å². The minimum Gasteiger partial charge on any atom is -0.489 e. The van der Waals surface area contributed by atoms with Crippen molar-refractivity contribution >= 4 is 35.0 Å². The normalized spacial score (nSPS) is 15.1. The predicted molar refractivity (Wildman–Crippen MR) is 111 cm³/mol. The summed E-state index contributed by atoms with van der Waals surface area (Å²) in [5.41, 5.74) is 3.03. The summed E-state index contributed by atoms with van der Waals surface area (Å²) in [6.07, 6.45) is 1.63. The van der Waals surface area contributed by atoms with Crippen molar-refractivity contribution in [1.29, 1.82) is 0 Å². The van der Waals surface area contributed by atoms with Crippen LogP contribution in [0.4, 0.5) is 4.79 Å².